The normalized spacial score (nSPS) is 13.2. The lowest BCUT2D eigenvalue weighted by Gasteiger charge is -2.13. The number of hydrogen-bond acceptors (Lipinski definition) is 2. The highest BCUT2D eigenvalue weighted by atomic mass is 35.5. The minimum Gasteiger partial charge on any atom is -0.387 e. The zero-order valence-electron chi connectivity index (χ0n) is 13.0. The Hall–Kier alpha value is -1.82. The van der Waals surface area contributed by atoms with Crippen LogP contribution in [0.2, 0.25) is 5.02 Å². The molecule has 0 saturated heterocycles. The number of halogens is 4. The average Bonchev–Trinajstić information content (AvgIpc) is 2.48. The van der Waals surface area contributed by atoms with E-state index in [2.05, 4.69) is 5.32 Å². The zero-order chi connectivity index (χ0) is 17.7. The number of rotatable bonds is 6. The van der Waals surface area contributed by atoms with Crippen molar-refractivity contribution < 1.29 is 18.3 Å². The van der Waals surface area contributed by atoms with E-state index in [1.54, 1.807) is 19.1 Å². The highest BCUT2D eigenvalue weighted by Crippen LogP contribution is 2.20. The molecule has 1 atom stereocenters. The number of benzene rings is 2. The molecule has 0 aliphatic heterocycles. The van der Waals surface area contributed by atoms with Gasteiger partial charge in [0.15, 0.2) is 0 Å². The Morgan fingerprint density at radius 2 is 1.83 bits per heavy atom. The first-order valence-corrected chi connectivity index (χ1v) is 7.70. The smallest absolute Gasteiger partial charge is 0.142 e. The quantitative estimate of drug-likeness (QED) is 0.800. The summed E-state index contributed by atoms with van der Waals surface area (Å²) in [6, 6.07) is 7.41. The second-order valence-electron chi connectivity index (χ2n) is 5.51. The molecule has 2 nitrogen and oxygen atoms in total. The van der Waals surface area contributed by atoms with E-state index in [0.29, 0.717) is 17.7 Å². The summed E-state index contributed by atoms with van der Waals surface area (Å²) in [6.07, 6.45) is 0.754. The Morgan fingerprint density at radius 1 is 1.17 bits per heavy atom. The van der Waals surface area contributed by atoms with Gasteiger partial charge in [0.2, 0.25) is 0 Å². The van der Waals surface area contributed by atoms with Gasteiger partial charge in [-0.05, 0) is 42.3 Å². The zero-order valence-corrected chi connectivity index (χ0v) is 13.7. The van der Waals surface area contributed by atoms with E-state index in [1.165, 1.54) is 24.3 Å². The molecule has 1 unspecified atom stereocenters. The lowest BCUT2D eigenvalue weighted by atomic mass is 10.1. The molecule has 0 spiro atoms. The molecule has 0 fully saturated rings. The molecule has 24 heavy (non-hydrogen) atoms. The molecule has 128 valence electrons. The van der Waals surface area contributed by atoms with E-state index >= 15 is 0 Å². The average molecular weight is 356 g/mol. The van der Waals surface area contributed by atoms with E-state index < -0.39 is 23.6 Å². The summed E-state index contributed by atoms with van der Waals surface area (Å²) in [5.74, 6) is -1.86. The van der Waals surface area contributed by atoms with E-state index in [0.717, 1.165) is 11.6 Å². The predicted molar refractivity (Wildman–Crippen MR) is 89.2 cm³/mol. The van der Waals surface area contributed by atoms with Crippen molar-refractivity contribution >= 4 is 17.7 Å². The maximum atomic E-state index is 13.4. The summed E-state index contributed by atoms with van der Waals surface area (Å²) in [6.45, 7) is 2.40. The lowest BCUT2D eigenvalue weighted by Crippen LogP contribution is -2.23. The summed E-state index contributed by atoms with van der Waals surface area (Å²) in [5, 5.41) is 13.0. The third-order valence-corrected chi connectivity index (χ3v) is 3.67. The molecule has 0 aliphatic rings. The second kappa shape index (κ2) is 8.33. The molecule has 2 N–H and O–H groups in total. The monoisotopic (exact) mass is 355 g/mol. The number of nitrogens with one attached hydrogen (secondary N) is 1. The van der Waals surface area contributed by atoms with E-state index in [1.807, 2.05) is 0 Å². The molecule has 0 heterocycles. The van der Waals surface area contributed by atoms with Crippen LogP contribution in [0.25, 0.3) is 6.08 Å². The van der Waals surface area contributed by atoms with Crippen molar-refractivity contribution in [3.8, 4) is 0 Å². The van der Waals surface area contributed by atoms with Crippen molar-refractivity contribution in [1.82, 2.24) is 5.32 Å². The molecule has 0 bridgehead atoms. The Labute approximate surface area is 143 Å². The van der Waals surface area contributed by atoms with Gasteiger partial charge in [0.25, 0.3) is 0 Å². The van der Waals surface area contributed by atoms with Crippen LogP contribution in [-0.4, -0.2) is 18.2 Å². The number of aliphatic hydroxyl groups is 1. The Balaban J connectivity index is 1.90. The van der Waals surface area contributed by atoms with Crippen LogP contribution in [0, 0.1) is 17.5 Å². The van der Waals surface area contributed by atoms with Crippen LogP contribution in [0.5, 0.6) is 0 Å². The molecule has 0 radical (unpaired) electrons. The van der Waals surface area contributed by atoms with Crippen molar-refractivity contribution in [3.63, 3.8) is 0 Å². The fraction of sp³-hybridized carbons (Fsp3) is 0.222. The molecule has 0 saturated carbocycles. The molecular formula is C18H17ClF3NO. The first-order valence-electron chi connectivity index (χ1n) is 7.32. The molecule has 2 aromatic carbocycles. The van der Waals surface area contributed by atoms with Gasteiger partial charge < -0.3 is 10.4 Å². The Morgan fingerprint density at radius 3 is 2.46 bits per heavy atom. The van der Waals surface area contributed by atoms with Crippen LogP contribution < -0.4 is 5.32 Å². The third kappa shape index (κ3) is 5.37. The van der Waals surface area contributed by atoms with Gasteiger partial charge in [0, 0.05) is 19.2 Å². The second-order valence-corrected chi connectivity index (χ2v) is 5.92. The van der Waals surface area contributed by atoms with Crippen molar-refractivity contribution in [2.45, 2.75) is 13.0 Å². The van der Waals surface area contributed by atoms with E-state index in [4.69, 9.17) is 11.6 Å². The van der Waals surface area contributed by atoms with Gasteiger partial charge in [-0.2, -0.15) is 0 Å². The molecule has 0 amide bonds. The van der Waals surface area contributed by atoms with Gasteiger partial charge in [0.1, 0.15) is 17.5 Å². The van der Waals surface area contributed by atoms with Crippen LogP contribution in [0.4, 0.5) is 13.2 Å². The highest BCUT2D eigenvalue weighted by molar-refractivity contribution is 6.30. The fourth-order valence-electron chi connectivity index (χ4n) is 2.24. The number of aliphatic hydroxyl groups excluding tert-OH is 1. The summed E-state index contributed by atoms with van der Waals surface area (Å²) in [4.78, 5) is 0. The van der Waals surface area contributed by atoms with Crippen molar-refractivity contribution in [3.05, 3.63) is 75.6 Å². The maximum absolute atomic E-state index is 13.4. The third-order valence-electron chi connectivity index (χ3n) is 3.37. The van der Waals surface area contributed by atoms with E-state index in [-0.39, 0.29) is 11.6 Å². The molecule has 2 aromatic rings. The van der Waals surface area contributed by atoms with Crippen molar-refractivity contribution in [2.75, 3.05) is 13.1 Å². The molecule has 6 heteroatoms. The van der Waals surface area contributed by atoms with Crippen LogP contribution in [-0.2, 0) is 0 Å². The van der Waals surface area contributed by atoms with Crippen LogP contribution in [0.15, 0.2) is 42.0 Å². The van der Waals surface area contributed by atoms with Gasteiger partial charge in [-0.1, -0.05) is 29.3 Å². The standard InChI is InChI=1S/C18H17ClF3NO/c1-11(4-12-5-14(20)8-15(21)6-12)9-23-10-18(24)13-2-3-16(19)17(22)7-13/h2-8,18,23-24H,9-10H2,1H3/b11-4+. The summed E-state index contributed by atoms with van der Waals surface area (Å²) in [5.41, 5.74) is 1.67. The van der Waals surface area contributed by atoms with Gasteiger partial charge in [0.05, 0.1) is 11.1 Å². The largest absolute Gasteiger partial charge is 0.387 e. The molecule has 0 aliphatic carbocycles. The van der Waals surface area contributed by atoms with Gasteiger partial charge >= 0.3 is 0 Å². The van der Waals surface area contributed by atoms with E-state index in [9.17, 15) is 18.3 Å². The summed E-state index contributed by atoms with van der Waals surface area (Å²) < 4.78 is 39.6. The van der Waals surface area contributed by atoms with Gasteiger partial charge in [-0.25, -0.2) is 13.2 Å². The fourth-order valence-corrected chi connectivity index (χ4v) is 2.36. The molecular weight excluding hydrogens is 339 g/mol. The predicted octanol–water partition coefficient (Wildman–Crippen LogP) is 4.48. The summed E-state index contributed by atoms with van der Waals surface area (Å²) >= 11 is 5.60. The van der Waals surface area contributed by atoms with Crippen molar-refractivity contribution in [1.29, 1.82) is 0 Å². The van der Waals surface area contributed by atoms with Crippen molar-refractivity contribution in [2.24, 2.45) is 0 Å². The van der Waals surface area contributed by atoms with Crippen LogP contribution in [0.3, 0.4) is 0 Å². The maximum Gasteiger partial charge on any atom is 0.142 e. The first-order chi connectivity index (χ1) is 11.3. The first kappa shape index (κ1) is 18.5. The Kier molecular flexibility index (Phi) is 6.43. The van der Waals surface area contributed by atoms with Crippen LogP contribution in [0.1, 0.15) is 24.2 Å². The van der Waals surface area contributed by atoms with Gasteiger partial charge in [-0.3, -0.25) is 0 Å². The van der Waals surface area contributed by atoms with Gasteiger partial charge in [-0.15, -0.1) is 0 Å². The Bertz CT molecular complexity index is 729. The molecule has 0 aromatic heterocycles. The molecule has 2 rings (SSSR count). The number of hydrogen-bond donors (Lipinski definition) is 2. The SMILES string of the molecule is C/C(=C\c1cc(F)cc(F)c1)CNCC(O)c1ccc(Cl)c(F)c1. The summed E-state index contributed by atoms with van der Waals surface area (Å²) in [7, 11) is 0. The lowest BCUT2D eigenvalue weighted by molar-refractivity contribution is 0.175. The minimum atomic E-state index is -0.892. The minimum absolute atomic E-state index is 0.0000116. The topological polar surface area (TPSA) is 32.3 Å². The van der Waals surface area contributed by atoms with Crippen LogP contribution >= 0.6 is 11.6 Å². The highest BCUT2D eigenvalue weighted by Gasteiger charge is 2.10.